The number of amides is 1. The lowest BCUT2D eigenvalue weighted by molar-refractivity contribution is -0.116. The third-order valence-electron chi connectivity index (χ3n) is 3.44. The molecule has 0 fully saturated rings. The predicted molar refractivity (Wildman–Crippen MR) is 90.2 cm³/mol. The predicted octanol–water partition coefficient (Wildman–Crippen LogP) is 3.83. The van der Waals surface area contributed by atoms with E-state index in [1.54, 1.807) is 17.5 Å². The fourth-order valence-electron chi connectivity index (χ4n) is 2.52. The topological polar surface area (TPSA) is 59.8 Å². The molecule has 0 aromatic carbocycles. The van der Waals surface area contributed by atoms with Gasteiger partial charge in [-0.3, -0.25) is 4.79 Å². The highest BCUT2D eigenvalue weighted by atomic mass is 32.1. The molecule has 5 nitrogen and oxygen atoms in total. The Morgan fingerprint density at radius 2 is 2.18 bits per heavy atom. The monoisotopic (exact) mass is 320 g/mol. The van der Waals surface area contributed by atoms with E-state index in [9.17, 15) is 4.79 Å². The molecule has 120 valence electrons. The number of hydrogen-bond donors (Lipinski definition) is 1. The Morgan fingerprint density at radius 1 is 1.41 bits per heavy atom. The summed E-state index contributed by atoms with van der Waals surface area (Å²) in [4.78, 5) is 16.5. The minimum atomic E-state index is 0.00384. The average Bonchev–Trinajstić information content (AvgIpc) is 3.04. The molecule has 22 heavy (non-hydrogen) atoms. The minimum Gasteiger partial charge on any atom is -0.311 e. The quantitative estimate of drug-likeness (QED) is 0.843. The largest absolute Gasteiger partial charge is 0.311 e. The van der Waals surface area contributed by atoms with Crippen LogP contribution in [-0.4, -0.2) is 20.7 Å². The van der Waals surface area contributed by atoms with Crippen LogP contribution in [-0.2, 0) is 11.2 Å². The van der Waals surface area contributed by atoms with E-state index < -0.39 is 0 Å². The molecule has 2 aromatic rings. The number of aromatic nitrogens is 3. The molecule has 0 radical (unpaired) electrons. The SMILES string of the molecule is Cc1nc(CCC(=O)Nc2ccnn2C(C)CC(C)C)cs1. The highest BCUT2D eigenvalue weighted by Gasteiger charge is 2.14. The Hall–Kier alpha value is -1.69. The highest BCUT2D eigenvalue weighted by Crippen LogP contribution is 2.21. The van der Waals surface area contributed by atoms with Gasteiger partial charge in [0.2, 0.25) is 5.91 Å². The van der Waals surface area contributed by atoms with Crippen LogP contribution in [0.5, 0.6) is 0 Å². The van der Waals surface area contributed by atoms with Crippen LogP contribution in [0.1, 0.15) is 50.4 Å². The van der Waals surface area contributed by atoms with Crippen molar-refractivity contribution in [1.29, 1.82) is 0 Å². The van der Waals surface area contributed by atoms with E-state index in [2.05, 4.69) is 36.2 Å². The summed E-state index contributed by atoms with van der Waals surface area (Å²) in [5.41, 5.74) is 0.985. The van der Waals surface area contributed by atoms with Gasteiger partial charge in [-0.05, 0) is 32.6 Å². The molecular weight excluding hydrogens is 296 g/mol. The maximum atomic E-state index is 12.1. The smallest absolute Gasteiger partial charge is 0.225 e. The van der Waals surface area contributed by atoms with Crippen LogP contribution in [0.15, 0.2) is 17.6 Å². The number of anilines is 1. The van der Waals surface area contributed by atoms with Crippen molar-refractivity contribution in [2.45, 2.75) is 53.0 Å². The number of carbonyl (C=O) groups is 1. The van der Waals surface area contributed by atoms with Crippen molar-refractivity contribution in [2.24, 2.45) is 5.92 Å². The van der Waals surface area contributed by atoms with Gasteiger partial charge in [0.25, 0.3) is 0 Å². The van der Waals surface area contributed by atoms with Crippen LogP contribution in [0.3, 0.4) is 0 Å². The third-order valence-corrected chi connectivity index (χ3v) is 4.26. The second kappa shape index (κ2) is 7.54. The molecule has 1 N–H and O–H groups in total. The van der Waals surface area contributed by atoms with Gasteiger partial charge in [0.05, 0.1) is 22.9 Å². The van der Waals surface area contributed by atoms with Crippen molar-refractivity contribution >= 4 is 23.1 Å². The maximum absolute atomic E-state index is 12.1. The maximum Gasteiger partial charge on any atom is 0.225 e. The fraction of sp³-hybridized carbons (Fsp3) is 0.562. The molecule has 6 heteroatoms. The molecule has 0 spiro atoms. The molecule has 1 unspecified atom stereocenters. The lowest BCUT2D eigenvalue weighted by Crippen LogP contribution is -2.18. The molecule has 0 aliphatic heterocycles. The van der Waals surface area contributed by atoms with E-state index >= 15 is 0 Å². The highest BCUT2D eigenvalue weighted by molar-refractivity contribution is 7.09. The first-order chi connectivity index (χ1) is 10.5. The van der Waals surface area contributed by atoms with Gasteiger partial charge in [0, 0.05) is 17.9 Å². The summed E-state index contributed by atoms with van der Waals surface area (Å²) in [5, 5.41) is 10.3. The first-order valence-corrected chi connectivity index (χ1v) is 8.58. The molecule has 0 aliphatic rings. The zero-order valence-corrected chi connectivity index (χ0v) is 14.5. The fourth-order valence-corrected chi connectivity index (χ4v) is 3.16. The normalized spacial score (nSPS) is 12.6. The zero-order chi connectivity index (χ0) is 16.1. The molecule has 0 saturated carbocycles. The van der Waals surface area contributed by atoms with E-state index in [4.69, 9.17) is 0 Å². The molecule has 0 aliphatic carbocycles. The van der Waals surface area contributed by atoms with Gasteiger partial charge in [-0.2, -0.15) is 5.10 Å². The van der Waals surface area contributed by atoms with E-state index in [1.807, 2.05) is 23.1 Å². The van der Waals surface area contributed by atoms with Crippen molar-refractivity contribution in [3.63, 3.8) is 0 Å². The van der Waals surface area contributed by atoms with Gasteiger partial charge in [0.1, 0.15) is 5.82 Å². The van der Waals surface area contributed by atoms with Crippen molar-refractivity contribution in [3.8, 4) is 0 Å². The summed E-state index contributed by atoms with van der Waals surface area (Å²) >= 11 is 1.62. The number of hydrogen-bond acceptors (Lipinski definition) is 4. The standard InChI is InChI=1S/C16H24N4OS/c1-11(2)9-12(3)20-15(7-8-17-20)19-16(21)6-5-14-10-22-13(4)18-14/h7-8,10-12H,5-6,9H2,1-4H3,(H,19,21). The van der Waals surface area contributed by atoms with Gasteiger partial charge in [-0.15, -0.1) is 11.3 Å². The molecule has 2 rings (SSSR count). The average molecular weight is 320 g/mol. The molecular formula is C16H24N4OS. The van der Waals surface area contributed by atoms with Gasteiger partial charge < -0.3 is 5.32 Å². The molecule has 2 heterocycles. The van der Waals surface area contributed by atoms with E-state index in [1.165, 1.54) is 0 Å². The van der Waals surface area contributed by atoms with Crippen LogP contribution < -0.4 is 5.32 Å². The van der Waals surface area contributed by atoms with Crippen molar-refractivity contribution in [2.75, 3.05) is 5.32 Å². The second-order valence-electron chi connectivity index (χ2n) is 6.05. The summed E-state index contributed by atoms with van der Waals surface area (Å²) in [5.74, 6) is 1.37. The third kappa shape index (κ3) is 4.66. The van der Waals surface area contributed by atoms with Crippen LogP contribution >= 0.6 is 11.3 Å². The second-order valence-corrected chi connectivity index (χ2v) is 7.11. The van der Waals surface area contributed by atoms with Crippen LogP contribution in [0.4, 0.5) is 5.82 Å². The van der Waals surface area contributed by atoms with Gasteiger partial charge in [-0.1, -0.05) is 13.8 Å². The molecule has 1 amide bonds. The Balaban J connectivity index is 1.90. The van der Waals surface area contributed by atoms with Crippen LogP contribution in [0.25, 0.3) is 0 Å². The van der Waals surface area contributed by atoms with Crippen molar-refractivity contribution in [1.82, 2.24) is 14.8 Å². The number of nitrogens with one attached hydrogen (secondary N) is 1. The lowest BCUT2D eigenvalue weighted by Gasteiger charge is -2.17. The van der Waals surface area contributed by atoms with E-state index in [-0.39, 0.29) is 11.9 Å². The summed E-state index contributed by atoms with van der Waals surface area (Å²) in [6, 6.07) is 2.12. The number of thiazole rings is 1. The molecule has 2 aromatic heterocycles. The first kappa shape index (κ1) is 16.7. The van der Waals surface area contributed by atoms with Gasteiger partial charge >= 0.3 is 0 Å². The zero-order valence-electron chi connectivity index (χ0n) is 13.7. The van der Waals surface area contributed by atoms with Gasteiger partial charge in [-0.25, -0.2) is 9.67 Å². The molecule has 1 atom stereocenters. The summed E-state index contributed by atoms with van der Waals surface area (Å²) < 4.78 is 1.89. The summed E-state index contributed by atoms with van der Waals surface area (Å²) in [6.07, 6.45) is 3.87. The Labute approximate surface area is 135 Å². The summed E-state index contributed by atoms with van der Waals surface area (Å²) in [6.45, 7) is 8.48. The lowest BCUT2D eigenvalue weighted by atomic mass is 10.1. The summed E-state index contributed by atoms with van der Waals surface area (Å²) in [7, 11) is 0. The Morgan fingerprint density at radius 3 is 2.82 bits per heavy atom. The van der Waals surface area contributed by atoms with Crippen molar-refractivity contribution in [3.05, 3.63) is 28.3 Å². The van der Waals surface area contributed by atoms with Gasteiger partial charge in [0.15, 0.2) is 0 Å². The number of rotatable bonds is 7. The van der Waals surface area contributed by atoms with Crippen molar-refractivity contribution < 1.29 is 4.79 Å². The van der Waals surface area contributed by atoms with Crippen LogP contribution in [0.2, 0.25) is 0 Å². The number of nitrogens with zero attached hydrogens (tertiary/aromatic N) is 3. The molecule has 0 saturated heterocycles. The van der Waals surface area contributed by atoms with Crippen LogP contribution in [0, 0.1) is 12.8 Å². The van der Waals surface area contributed by atoms with E-state index in [0.29, 0.717) is 18.8 Å². The number of carbonyl (C=O) groups excluding carboxylic acids is 1. The Kier molecular flexibility index (Phi) is 5.71. The first-order valence-electron chi connectivity index (χ1n) is 7.70. The minimum absolute atomic E-state index is 0.00384. The van der Waals surface area contributed by atoms with E-state index in [0.717, 1.165) is 22.9 Å². The Bertz CT molecular complexity index is 617. The molecule has 0 bridgehead atoms. The number of aryl methyl sites for hydroxylation is 2.